The zero-order chi connectivity index (χ0) is 16.3. The minimum absolute atomic E-state index is 0.0379. The van der Waals surface area contributed by atoms with E-state index >= 15 is 0 Å². The summed E-state index contributed by atoms with van der Waals surface area (Å²) >= 11 is 0. The van der Waals surface area contributed by atoms with Gasteiger partial charge in [0.05, 0.1) is 6.20 Å². The molecule has 2 heterocycles. The SMILES string of the molecule is Cc1cnn([C@@H](C)C(=O)NCCc2noc(C(F)(F)F)n2)c1. The Bertz CT molecular complexity index is 649. The first kappa shape index (κ1) is 16.0. The molecule has 0 aromatic carbocycles. The molecule has 2 aromatic heterocycles. The van der Waals surface area contributed by atoms with Gasteiger partial charge in [-0.2, -0.15) is 23.3 Å². The average Bonchev–Trinajstić information content (AvgIpc) is 3.06. The first-order chi connectivity index (χ1) is 10.3. The summed E-state index contributed by atoms with van der Waals surface area (Å²) in [6.45, 7) is 3.61. The van der Waals surface area contributed by atoms with Crippen molar-refractivity contribution in [2.24, 2.45) is 0 Å². The molecule has 1 atom stereocenters. The Hall–Kier alpha value is -2.39. The molecular formula is C12H14F3N5O2. The van der Waals surface area contributed by atoms with Crippen molar-refractivity contribution < 1.29 is 22.5 Å². The summed E-state index contributed by atoms with van der Waals surface area (Å²) in [4.78, 5) is 15.1. The monoisotopic (exact) mass is 317 g/mol. The van der Waals surface area contributed by atoms with Gasteiger partial charge in [-0.05, 0) is 19.4 Å². The van der Waals surface area contributed by atoms with Crippen LogP contribution in [0.2, 0.25) is 0 Å². The van der Waals surface area contributed by atoms with E-state index in [0.717, 1.165) is 5.56 Å². The lowest BCUT2D eigenvalue weighted by Gasteiger charge is -2.11. The van der Waals surface area contributed by atoms with Crippen LogP contribution in [0.15, 0.2) is 16.9 Å². The van der Waals surface area contributed by atoms with Crippen LogP contribution in [-0.2, 0) is 17.4 Å². The zero-order valence-electron chi connectivity index (χ0n) is 11.9. The molecule has 0 aliphatic heterocycles. The zero-order valence-corrected chi connectivity index (χ0v) is 11.9. The number of halogens is 3. The van der Waals surface area contributed by atoms with Gasteiger partial charge in [0.25, 0.3) is 0 Å². The van der Waals surface area contributed by atoms with Crippen molar-refractivity contribution in [2.75, 3.05) is 6.54 Å². The van der Waals surface area contributed by atoms with E-state index in [1.165, 1.54) is 4.68 Å². The van der Waals surface area contributed by atoms with Crippen molar-refractivity contribution in [3.8, 4) is 0 Å². The van der Waals surface area contributed by atoms with Crippen molar-refractivity contribution in [2.45, 2.75) is 32.5 Å². The lowest BCUT2D eigenvalue weighted by molar-refractivity contribution is -0.159. The highest BCUT2D eigenvalue weighted by atomic mass is 19.4. The van der Waals surface area contributed by atoms with E-state index in [0.29, 0.717) is 0 Å². The molecule has 0 aliphatic carbocycles. The number of amides is 1. The molecule has 10 heteroatoms. The van der Waals surface area contributed by atoms with Gasteiger partial charge in [-0.25, -0.2) is 0 Å². The molecule has 0 bridgehead atoms. The standard InChI is InChI=1S/C12H14F3N5O2/c1-7-5-17-20(6-7)8(2)10(21)16-4-3-9-18-11(22-19-9)12(13,14)15/h5-6,8H,3-4H2,1-2H3,(H,16,21)/t8-/m0/s1. The third-order valence-electron chi connectivity index (χ3n) is 2.87. The number of rotatable bonds is 5. The van der Waals surface area contributed by atoms with Crippen LogP contribution in [-0.4, -0.2) is 32.4 Å². The molecule has 0 saturated heterocycles. The van der Waals surface area contributed by atoms with Crippen LogP contribution in [0, 0.1) is 6.92 Å². The van der Waals surface area contributed by atoms with Crippen LogP contribution in [0.4, 0.5) is 13.2 Å². The lowest BCUT2D eigenvalue weighted by Crippen LogP contribution is -2.32. The number of carbonyl (C=O) groups excluding carboxylic acids is 1. The number of carbonyl (C=O) groups is 1. The van der Waals surface area contributed by atoms with Crippen molar-refractivity contribution in [3.63, 3.8) is 0 Å². The fourth-order valence-electron chi connectivity index (χ4n) is 1.68. The first-order valence-electron chi connectivity index (χ1n) is 6.45. The van der Waals surface area contributed by atoms with Crippen molar-refractivity contribution in [1.82, 2.24) is 25.2 Å². The Morgan fingerprint density at radius 1 is 1.50 bits per heavy atom. The molecule has 1 amide bonds. The van der Waals surface area contributed by atoms with Gasteiger partial charge in [-0.15, -0.1) is 0 Å². The molecule has 0 aliphatic rings. The van der Waals surface area contributed by atoms with E-state index in [9.17, 15) is 18.0 Å². The maximum atomic E-state index is 12.3. The summed E-state index contributed by atoms with van der Waals surface area (Å²) in [6, 6.07) is -0.523. The second-order valence-electron chi connectivity index (χ2n) is 4.73. The number of alkyl halides is 3. The summed E-state index contributed by atoms with van der Waals surface area (Å²) in [6.07, 6.45) is -1.28. The van der Waals surface area contributed by atoms with Gasteiger partial charge in [0.15, 0.2) is 5.82 Å². The van der Waals surface area contributed by atoms with E-state index < -0.39 is 18.1 Å². The maximum absolute atomic E-state index is 12.3. The molecule has 2 aromatic rings. The molecule has 1 N–H and O–H groups in total. The summed E-state index contributed by atoms with van der Waals surface area (Å²) < 4.78 is 42.4. The molecule has 2 rings (SSSR count). The highest BCUT2D eigenvalue weighted by Gasteiger charge is 2.38. The van der Waals surface area contributed by atoms with Crippen molar-refractivity contribution in [3.05, 3.63) is 29.7 Å². The quantitative estimate of drug-likeness (QED) is 0.903. The van der Waals surface area contributed by atoms with E-state index in [1.807, 2.05) is 6.92 Å². The third-order valence-corrected chi connectivity index (χ3v) is 2.87. The summed E-state index contributed by atoms with van der Waals surface area (Å²) in [5.74, 6) is -1.81. The number of aromatic nitrogens is 4. The number of nitrogens with one attached hydrogen (secondary N) is 1. The van der Waals surface area contributed by atoms with E-state index in [-0.39, 0.29) is 24.7 Å². The fraction of sp³-hybridized carbons (Fsp3) is 0.500. The normalized spacial score (nSPS) is 13.1. The smallest absolute Gasteiger partial charge is 0.354 e. The van der Waals surface area contributed by atoms with Crippen molar-refractivity contribution in [1.29, 1.82) is 0 Å². The third kappa shape index (κ3) is 3.83. The van der Waals surface area contributed by atoms with Crippen LogP contribution in [0.3, 0.4) is 0 Å². The predicted molar refractivity (Wildman–Crippen MR) is 67.7 cm³/mol. The highest BCUT2D eigenvalue weighted by Crippen LogP contribution is 2.27. The van der Waals surface area contributed by atoms with Gasteiger partial charge in [-0.1, -0.05) is 5.16 Å². The van der Waals surface area contributed by atoms with Gasteiger partial charge in [0, 0.05) is 19.2 Å². The highest BCUT2D eigenvalue weighted by molar-refractivity contribution is 5.79. The Morgan fingerprint density at radius 3 is 2.77 bits per heavy atom. The second-order valence-corrected chi connectivity index (χ2v) is 4.73. The maximum Gasteiger partial charge on any atom is 0.471 e. The van der Waals surface area contributed by atoms with E-state index in [2.05, 4.69) is 25.1 Å². The summed E-state index contributed by atoms with van der Waals surface area (Å²) in [5.41, 5.74) is 0.922. The number of nitrogens with zero attached hydrogens (tertiary/aromatic N) is 4. The van der Waals surface area contributed by atoms with Gasteiger partial charge in [0.2, 0.25) is 5.91 Å². The molecular weight excluding hydrogens is 303 g/mol. The predicted octanol–water partition coefficient (Wildman–Crippen LogP) is 1.51. The van der Waals surface area contributed by atoms with Crippen molar-refractivity contribution >= 4 is 5.91 Å². The van der Waals surface area contributed by atoms with Crippen LogP contribution >= 0.6 is 0 Å². The second kappa shape index (κ2) is 6.16. The summed E-state index contributed by atoms with van der Waals surface area (Å²) in [5, 5.41) is 9.82. The average molecular weight is 317 g/mol. The van der Waals surface area contributed by atoms with Gasteiger partial charge in [-0.3, -0.25) is 9.48 Å². The van der Waals surface area contributed by atoms with Gasteiger partial charge in [0.1, 0.15) is 6.04 Å². The first-order valence-corrected chi connectivity index (χ1v) is 6.45. The molecule has 0 radical (unpaired) electrons. The van der Waals surface area contributed by atoms with E-state index in [4.69, 9.17) is 0 Å². The minimum atomic E-state index is -4.67. The Labute approximate surface area is 123 Å². The molecule has 22 heavy (non-hydrogen) atoms. The molecule has 120 valence electrons. The largest absolute Gasteiger partial charge is 0.471 e. The Morgan fingerprint density at radius 2 is 2.23 bits per heavy atom. The molecule has 7 nitrogen and oxygen atoms in total. The van der Waals surface area contributed by atoms with Crippen LogP contribution < -0.4 is 5.32 Å². The number of aryl methyl sites for hydroxylation is 1. The Balaban J connectivity index is 1.83. The topological polar surface area (TPSA) is 85.8 Å². The summed E-state index contributed by atoms with van der Waals surface area (Å²) in [7, 11) is 0. The lowest BCUT2D eigenvalue weighted by atomic mass is 10.3. The number of hydrogen-bond acceptors (Lipinski definition) is 5. The van der Waals surface area contributed by atoms with Gasteiger partial charge >= 0.3 is 12.1 Å². The Kier molecular flexibility index (Phi) is 4.48. The van der Waals surface area contributed by atoms with Gasteiger partial charge < -0.3 is 9.84 Å². The van der Waals surface area contributed by atoms with Crippen LogP contribution in [0.25, 0.3) is 0 Å². The molecule has 0 fully saturated rings. The van der Waals surface area contributed by atoms with Crippen LogP contribution in [0.1, 0.15) is 30.2 Å². The minimum Gasteiger partial charge on any atom is -0.354 e. The van der Waals surface area contributed by atoms with Crippen LogP contribution in [0.5, 0.6) is 0 Å². The molecule has 0 saturated carbocycles. The number of hydrogen-bond donors (Lipinski definition) is 1. The van der Waals surface area contributed by atoms with E-state index in [1.54, 1.807) is 19.3 Å². The molecule has 0 unspecified atom stereocenters. The molecule has 0 spiro atoms. The fourth-order valence-corrected chi connectivity index (χ4v) is 1.68.